The molecule has 0 aliphatic carbocycles. The maximum atomic E-state index is 13.4. The van der Waals surface area contributed by atoms with Crippen molar-refractivity contribution in [2.75, 3.05) is 12.3 Å². The smallest absolute Gasteiger partial charge is 0.351 e. The van der Waals surface area contributed by atoms with Crippen molar-refractivity contribution in [1.82, 2.24) is 0 Å². The Labute approximate surface area is 102 Å². The molecular weight excluding hydrogens is 253 g/mol. The fraction of sp³-hybridized carbons (Fsp3) is 0.300. The number of ether oxygens (including phenoxy) is 1. The Hall–Kier alpha value is -0.940. The van der Waals surface area contributed by atoms with E-state index in [4.69, 9.17) is 17.3 Å². The summed E-state index contributed by atoms with van der Waals surface area (Å²) in [4.78, 5) is 11.4. The van der Waals surface area contributed by atoms with Crippen molar-refractivity contribution in [3.8, 4) is 0 Å². The molecular formula is C10H11ClFNO2S. The second-order valence-corrected chi connectivity index (χ2v) is 4.31. The number of carbonyl (C=O) groups is 1. The van der Waals surface area contributed by atoms with Crippen LogP contribution in [0, 0.1) is 0 Å². The van der Waals surface area contributed by atoms with Crippen LogP contribution in [-0.2, 0) is 9.53 Å². The van der Waals surface area contributed by atoms with E-state index in [0.29, 0.717) is 27.4 Å². The van der Waals surface area contributed by atoms with Crippen LogP contribution in [0.4, 0.5) is 10.1 Å². The van der Waals surface area contributed by atoms with Crippen molar-refractivity contribution in [2.45, 2.75) is 17.3 Å². The average Bonchev–Trinajstić information content (AvgIpc) is 2.23. The number of anilines is 1. The van der Waals surface area contributed by atoms with Crippen LogP contribution in [0.2, 0.25) is 5.02 Å². The van der Waals surface area contributed by atoms with Crippen LogP contribution in [0.15, 0.2) is 23.1 Å². The molecule has 0 aliphatic heterocycles. The number of thioether (sulfide) groups is 1. The Morgan fingerprint density at radius 1 is 1.69 bits per heavy atom. The molecule has 6 heteroatoms. The van der Waals surface area contributed by atoms with Gasteiger partial charge >= 0.3 is 5.97 Å². The standard InChI is InChI=1S/C10H11ClFNO2S/c1-2-15-10(14)9(12)16-8-6(11)4-3-5-7(8)13/h3-5,9H,2,13H2,1H3. The third kappa shape index (κ3) is 3.28. The van der Waals surface area contributed by atoms with Crippen LogP contribution in [0.3, 0.4) is 0 Å². The Bertz CT molecular complexity index is 369. The first-order valence-electron chi connectivity index (χ1n) is 4.57. The highest BCUT2D eigenvalue weighted by Gasteiger charge is 2.22. The predicted octanol–water partition coefficient (Wildman–Crippen LogP) is 2.87. The van der Waals surface area contributed by atoms with Gasteiger partial charge in [-0.3, -0.25) is 0 Å². The lowest BCUT2D eigenvalue weighted by Gasteiger charge is -2.10. The summed E-state index contributed by atoms with van der Waals surface area (Å²) >= 11 is 6.48. The van der Waals surface area contributed by atoms with E-state index in [2.05, 4.69) is 4.74 Å². The molecule has 0 aliphatic rings. The lowest BCUT2D eigenvalue weighted by molar-refractivity contribution is -0.145. The highest BCUT2D eigenvalue weighted by Crippen LogP contribution is 2.35. The summed E-state index contributed by atoms with van der Waals surface area (Å²) < 4.78 is 17.9. The summed E-state index contributed by atoms with van der Waals surface area (Å²) in [7, 11) is 0. The molecule has 0 fully saturated rings. The van der Waals surface area contributed by atoms with Gasteiger partial charge in [0, 0.05) is 5.69 Å². The SMILES string of the molecule is CCOC(=O)C(F)Sc1c(N)cccc1Cl. The maximum Gasteiger partial charge on any atom is 0.351 e. The van der Waals surface area contributed by atoms with Crippen molar-refractivity contribution >= 4 is 35.0 Å². The zero-order valence-corrected chi connectivity index (χ0v) is 10.1. The topological polar surface area (TPSA) is 52.3 Å². The molecule has 16 heavy (non-hydrogen) atoms. The minimum atomic E-state index is -1.82. The Balaban J connectivity index is 2.76. The third-order valence-corrected chi connectivity index (χ3v) is 3.21. The van der Waals surface area contributed by atoms with Gasteiger partial charge in [-0.15, -0.1) is 0 Å². The number of halogens is 2. The second kappa shape index (κ2) is 5.96. The number of rotatable bonds is 4. The summed E-state index contributed by atoms with van der Waals surface area (Å²) in [5.41, 5.74) is 4.14. The molecule has 0 aromatic heterocycles. The number of benzene rings is 1. The van der Waals surface area contributed by atoms with Gasteiger partial charge in [-0.2, -0.15) is 0 Å². The van der Waals surface area contributed by atoms with Crippen LogP contribution < -0.4 is 5.73 Å². The monoisotopic (exact) mass is 263 g/mol. The lowest BCUT2D eigenvalue weighted by Crippen LogP contribution is -2.15. The molecule has 2 N–H and O–H groups in total. The minimum absolute atomic E-state index is 0.137. The molecule has 1 atom stereocenters. The number of carbonyl (C=O) groups excluding carboxylic acids is 1. The zero-order chi connectivity index (χ0) is 12.1. The normalized spacial score (nSPS) is 12.2. The summed E-state index contributed by atoms with van der Waals surface area (Å²) in [5, 5.41) is 0.317. The van der Waals surface area contributed by atoms with Crippen LogP contribution >= 0.6 is 23.4 Å². The third-order valence-electron chi connectivity index (χ3n) is 1.69. The summed E-state index contributed by atoms with van der Waals surface area (Å²) in [6.07, 6.45) is 0. The molecule has 0 saturated carbocycles. The molecule has 1 rings (SSSR count). The Morgan fingerprint density at radius 3 is 2.94 bits per heavy atom. The number of esters is 1. The summed E-state index contributed by atoms with van der Waals surface area (Å²) in [6.45, 7) is 1.75. The molecule has 88 valence electrons. The number of hydrogen-bond acceptors (Lipinski definition) is 4. The summed E-state index contributed by atoms with van der Waals surface area (Å²) in [5.74, 6) is -0.924. The van der Waals surface area contributed by atoms with Crippen LogP contribution in [0.25, 0.3) is 0 Å². The van der Waals surface area contributed by atoms with E-state index >= 15 is 0 Å². The van der Waals surface area contributed by atoms with Gasteiger partial charge in [0.25, 0.3) is 0 Å². The van der Waals surface area contributed by atoms with Gasteiger partial charge in [0.15, 0.2) is 0 Å². The van der Waals surface area contributed by atoms with Gasteiger partial charge in [-0.05, 0) is 19.1 Å². The molecule has 0 amide bonds. The van der Waals surface area contributed by atoms with Crippen molar-refractivity contribution in [3.63, 3.8) is 0 Å². The van der Waals surface area contributed by atoms with Gasteiger partial charge < -0.3 is 10.5 Å². The van der Waals surface area contributed by atoms with Crippen LogP contribution in [0.1, 0.15) is 6.92 Å². The van der Waals surface area contributed by atoms with Crippen molar-refractivity contribution in [2.24, 2.45) is 0 Å². The Morgan fingerprint density at radius 2 is 2.38 bits per heavy atom. The first kappa shape index (κ1) is 13.1. The average molecular weight is 264 g/mol. The van der Waals surface area contributed by atoms with Gasteiger partial charge in [-0.25, -0.2) is 9.18 Å². The highest BCUT2D eigenvalue weighted by atomic mass is 35.5. The van der Waals surface area contributed by atoms with E-state index in [0.717, 1.165) is 0 Å². The molecule has 1 aromatic carbocycles. The van der Waals surface area contributed by atoms with Crippen LogP contribution in [-0.4, -0.2) is 18.1 Å². The van der Waals surface area contributed by atoms with E-state index in [1.165, 1.54) is 0 Å². The summed E-state index contributed by atoms with van der Waals surface area (Å²) in [6, 6.07) is 4.82. The zero-order valence-electron chi connectivity index (χ0n) is 8.57. The predicted molar refractivity (Wildman–Crippen MR) is 63.3 cm³/mol. The van der Waals surface area contributed by atoms with Gasteiger partial charge in [0.05, 0.1) is 16.5 Å². The molecule has 0 bridgehead atoms. The first-order valence-corrected chi connectivity index (χ1v) is 5.83. The molecule has 0 radical (unpaired) electrons. The number of nitrogen functional groups attached to an aromatic ring is 1. The van der Waals surface area contributed by atoms with Gasteiger partial charge in [0.1, 0.15) is 0 Å². The molecule has 0 saturated heterocycles. The van der Waals surface area contributed by atoms with Crippen molar-refractivity contribution < 1.29 is 13.9 Å². The molecule has 3 nitrogen and oxygen atoms in total. The number of hydrogen-bond donors (Lipinski definition) is 1. The minimum Gasteiger partial charge on any atom is -0.463 e. The molecule has 0 spiro atoms. The largest absolute Gasteiger partial charge is 0.463 e. The van der Waals surface area contributed by atoms with E-state index in [9.17, 15) is 9.18 Å². The van der Waals surface area contributed by atoms with Crippen LogP contribution in [0.5, 0.6) is 0 Å². The molecule has 1 aromatic rings. The molecule has 1 unspecified atom stereocenters. The Kier molecular flexibility index (Phi) is 4.89. The number of nitrogens with two attached hydrogens (primary N) is 1. The number of alkyl halides is 1. The molecule has 0 heterocycles. The van der Waals surface area contributed by atoms with E-state index in [1.807, 2.05) is 0 Å². The van der Waals surface area contributed by atoms with Crippen molar-refractivity contribution in [3.05, 3.63) is 23.2 Å². The lowest BCUT2D eigenvalue weighted by atomic mass is 10.3. The van der Waals surface area contributed by atoms with Crippen molar-refractivity contribution in [1.29, 1.82) is 0 Å². The van der Waals surface area contributed by atoms with E-state index in [-0.39, 0.29) is 6.61 Å². The van der Waals surface area contributed by atoms with Gasteiger partial charge in [-0.1, -0.05) is 29.4 Å². The fourth-order valence-corrected chi connectivity index (χ4v) is 2.08. The second-order valence-electron chi connectivity index (χ2n) is 2.84. The van der Waals surface area contributed by atoms with E-state index in [1.54, 1.807) is 25.1 Å². The van der Waals surface area contributed by atoms with Gasteiger partial charge in [0.2, 0.25) is 5.50 Å². The highest BCUT2D eigenvalue weighted by molar-refractivity contribution is 8.00. The maximum absolute atomic E-state index is 13.4. The first-order chi connectivity index (χ1) is 7.56. The quantitative estimate of drug-likeness (QED) is 0.516. The van der Waals surface area contributed by atoms with E-state index < -0.39 is 11.5 Å². The fourth-order valence-electron chi connectivity index (χ4n) is 1.01.